The van der Waals surface area contributed by atoms with E-state index in [-0.39, 0.29) is 17.2 Å². The Bertz CT molecular complexity index is 1230. The molecule has 4 rings (SSSR count). The van der Waals surface area contributed by atoms with Crippen molar-refractivity contribution in [3.05, 3.63) is 75.0 Å². The number of benzene rings is 2. The first-order valence-electron chi connectivity index (χ1n) is 8.00. The summed E-state index contributed by atoms with van der Waals surface area (Å²) in [5.74, 6) is -0.335. The second-order valence-electron chi connectivity index (χ2n) is 5.90. The molecule has 0 bridgehead atoms. The van der Waals surface area contributed by atoms with Crippen LogP contribution in [0.3, 0.4) is 0 Å². The van der Waals surface area contributed by atoms with Crippen LogP contribution in [-0.2, 0) is 0 Å². The van der Waals surface area contributed by atoms with Gasteiger partial charge in [0, 0.05) is 34.2 Å². The number of halogens is 2. The maximum absolute atomic E-state index is 12.9. The van der Waals surface area contributed by atoms with Gasteiger partial charge in [0.25, 0.3) is 0 Å². The van der Waals surface area contributed by atoms with Gasteiger partial charge in [0.15, 0.2) is 11.3 Å². The fourth-order valence-electron chi connectivity index (χ4n) is 2.75. The van der Waals surface area contributed by atoms with E-state index in [1.807, 2.05) is 0 Å². The lowest BCUT2D eigenvalue weighted by Gasteiger charge is -2.06. The van der Waals surface area contributed by atoms with Crippen LogP contribution in [0.4, 0.5) is 0 Å². The number of nitrogens with zero attached hydrogens (tertiary/aromatic N) is 4. The first-order valence-corrected chi connectivity index (χ1v) is 8.75. The molecule has 0 aliphatic carbocycles. The molecular formula is C19H12Cl2N4O2. The molecule has 0 spiro atoms. The van der Waals surface area contributed by atoms with Gasteiger partial charge in [0.05, 0.1) is 5.69 Å². The Morgan fingerprint density at radius 1 is 0.889 bits per heavy atom. The predicted molar refractivity (Wildman–Crippen MR) is 104 cm³/mol. The number of carbonyl (C=O) groups is 1. The van der Waals surface area contributed by atoms with Crippen LogP contribution in [0.15, 0.2) is 59.4 Å². The van der Waals surface area contributed by atoms with Gasteiger partial charge < -0.3 is 0 Å². The van der Waals surface area contributed by atoms with Gasteiger partial charge in [-0.05, 0) is 24.3 Å². The molecule has 2 heterocycles. The highest BCUT2D eigenvalue weighted by Gasteiger charge is 2.18. The maximum atomic E-state index is 12.9. The van der Waals surface area contributed by atoms with E-state index in [0.717, 1.165) is 10.2 Å². The zero-order chi connectivity index (χ0) is 19.1. The number of fused-ring (bicyclic) bond motifs is 1. The minimum atomic E-state index is -0.426. The van der Waals surface area contributed by atoms with E-state index in [1.54, 1.807) is 54.6 Å². The third kappa shape index (κ3) is 3.13. The van der Waals surface area contributed by atoms with Crippen molar-refractivity contribution in [2.75, 3.05) is 0 Å². The summed E-state index contributed by atoms with van der Waals surface area (Å²) in [6.45, 7) is 1.37. The predicted octanol–water partition coefficient (Wildman–Crippen LogP) is 4.19. The first kappa shape index (κ1) is 17.5. The fourth-order valence-corrected chi connectivity index (χ4v) is 3.00. The monoisotopic (exact) mass is 398 g/mol. The molecule has 0 saturated heterocycles. The molecule has 0 fully saturated rings. The molecule has 6 nitrogen and oxygen atoms in total. The molecule has 0 saturated carbocycles. The standard InChI is InChI=1S/C19H12Cl2N4O2/c1-11(26)24-17-10-16(12-2-6-14(20)7-3-12)22-25(17)19(27)18(23-24)13-4-8-15(21)9-5-13/h2-10H,1H3. The second-order valence-corrected chi connectivity index (χ2v) is 6.77. The van der Waals surface area contributed by atoms with Crippen molar-refractivity contribution in [1.29, 1.82) is 0 Å². The normalized spacial score (nSPS) is 11.1. The average molecular weight is 399 g/mol. The van der Waals surface area contributed by atoms with Gasteiger partial charge in [-0.15, -0.1) is 0 Å². The van der Waals surface area contributed by atoms with E-state index in [9.17, 15) is 9.59 Å². The van der Waals surface area contributed by atoms with Crippen LogP contribution in [-0.4, -0.2) is 25.3 Å². The minimum Gasteiger partial charge on any atom is -0.273 e. The molecule has 2 aromatic carbocycles. The molecule has 0 aliphatic heterocycles. The van der Waals surface area contributed by atoms with Crippen LogP contribution >= 0.6 is 23.2 Å². The summed E-state index contributed by atoms with van der Waals surface area (Å²) in [7, 11) is 0. The Kier molecular flexibility index (Phi) is 4.30. The quantitative estimate of drug-likeness (QED) is 0.507. The molecule has 0 N–H and O–H groups in total. The zero-order valence-corrected chi connectivity index (χ0v) is 15.6. The van der Waals surface area contributed by atoms with Gasteiger partial charge in [-0.25, -0.2) is 0 Å². The molecule has 0 radical (unpaired) electrons. The van der Waals surface area contributed by atoms with Crippen LogP contribution < -0.4 is 5.56 Å². The van der Waals surface area contributed by atoms with Crippen LogP contribution in [0.2, 0.25) is 10.0 Å². The average Bonchev–Trinajstić information content (AvgIpc) is 3.09. The van der Waals surface area contributed by atoms with Gasteiger partial charge in [0.2, 0.25) is 5.91 Å². The Hall–Kier alpha value is -2.96. The third-order valence-electron chi connectivity index (χ3n) is 4.06. The lowest BCUT2D eigenvalue weighted by Crippen LogP contribution is -2.26. The van der Waals surface area contributed by atoms with Crippen molar-refractivity contribution in [3.63, 3.8) is 0 Å². The summed E-state index contributed by atoms with van der Waals surface area (Å²) >= 11 is 11.8. The molecule has 0 unspecified atom stereocenters. The van der Waals surface area contributed by atoms with Crippen LogP contribution in [0, 0.1) is 0 Å². The van der Waals surface area contributed by atoms with Crippen LogP contribution in [0.25, 0.3) is 28.2 Å². The van der Waals surface area contributed by atoms with E-state index in [2.05, 4.69) is 10.2 Å². The number of hydrogen-bond acceptors (Lipinski definition) is 4. The summed E-state index contributed by atoms with van der Waals surface area (Å²) in [6, 6.07) is 15.3. The first-order chi connectivity index (χ1) is 12.9. The number of aromatic nitrogens is 4. The summed E-state index contributed by atoms with van der Waals surface area (Å²) in [5, 5.41) is 9.76. The van der Waals surface area contributed by atoms with Crippen LogP contribution in [0.1, 0.15) is 11.7 Å². The Labute approximate surface area is 163 Å². The topological polar surface area (TPSA) is 69.3 Å². The SMILES string of the molecule is CC(=O)n1nc(-c2ccc(Cl)cc2)c(=O)n2nc(-c3ccc(Cl)cc3)cc12. The number of rotatable bonds is 2. The van der Waals surface area contributed by atoms with Gasteiger partial charge in [0.1, 0.15) is 0 Å². The molecular weight excluding hydrogens is 387 g/mol. The van der Waals surface area contributed by atoms with Gasteiger partial charge in [-0.2, -0.15) is 19.4 Å². The lowest BCUT2D eigenvalue weighted by atomic mass is 10.1. The Morgan fingerprint density at radius 2 is 1.44 bits per heavy atom. The minimum absolute atomic E-state index is 0.111. The van der Waals surface area contributed by atoms with Gasteiger partial charge >= 0.3 is 5.56 Å². The van der Waals surface area contributed by atoms with Crippen LogP contribution in [0.5, 0.6) is 0 Å². The summed E-state index contributed by atoms with van der Waals surface area (Å²) in [6.07, 6.45) is 0. The molecule has 8 heteroatoms. The Balaban J connectivity index is 1.99. The highest BCUT2D eigenvalue weighted by atomic mass is 35.5. The number of hydrogen-bond donors (Lipinski definition) is 0. The summed E-state index contributed by atoms with van der Waals surface area (Å²) < 4.78 is 2.35. The van der Waals surface area contributed by atoms with Crippen molar-refractivity contribution in [2.45, 2.75) is 6.92 Å². The van der Waals surface area contributed by atoms with E-state index in [0.29, 0.717) is 21.3 Å². The molecule has 134 valence electrons. The molecule has 27 heavy (non-hydrogen) atoms. The molecule has 0 atom stereocenters. The third-order valence-corrected chi connectivity index (χ3v) is 4.56. The van der Waals surface area contributed by atoms with Gasteiger partial charge in [-0.1, -0.05) is 47.5 Å². The molecule has 0 amide bonds. The van der Waals surface area contributed by atoms with E-state index < -0.39 is 5.56 Å². The highest BCUT2D eigenvalue weighted by Crippen LogP contribution is 2.22. The lowest BCUT2D eigenvalue weighted by molar-refractivity contribution is 0.0924. The van der Waals surface area contributed by atoms with E-state index >= 15 is 0 Å². The van der Waals surface area contributed by atoms with E-state index in [1.165, 1.54) is 11.4 Å². The zero-order valence-electron chi connectivity index (χ0n) is 14.1. The highest BCUT2D eigenvalue weighted by molar-refractivity contribution is 6.30. The fraction of sp³-hybridized carbons (Fsp3) is 0.0526. The molecule has 2 aromatic heterocycles. The smallest absolute Gasteiger partial charge is 0.273 e. The summed E-state index contributed by atoms with van der Waals surface area (Å²) in [5.41, 5.74) is 1.82. The second kappa shape index (κ2) is 6.64. The van der Waals surface area contributed by atoms with Gasteiger partial charge in [-0.3, -0.25) is 9.59 Å². The number of carbonyl (C=O) groups excluding carboxylic acids is 1. The maximum Gasteiger partial charge on any atom is 0.301 e. The van der Waals surface area contributed by atoms with E-state index in [4.69, 9.17) is 23.2 Å². The van der Waals surface area contributed by atoms with Crippen molar-refractivity contribution in [3.8, 4) is 22.5 Å². The van der Waals surface area contributed by atoms with Crippen molar-refractivity contribution in [1.82, 2.24) is 19.4 Å². The largest absolute Gasteiger partial charge is 0.301 e. The molecule has 4 aromatic rings. The Morgan fingerprint density at radius 3 is 2.00 bits per heavy atom. The van der Waals surface area contributed by atoms with Crippen molar-refractivity contribution in [2.24, 2.45) is 0 Å². The molecule has 0 aliphatic rings. The van der Waals surface area contributed by atoms with Crippen molar-refractivity contribution < 1.29 is 4.79 Å². The van der Waals surface area contributed by atoms with Crippen molar-refractivity contribution >= 4 is 34.8 Å². The summed E-state index contributed by atoms with van der Waals surface area (Å²) in [4.78, 5) is 25.1.